The molecule has 0 unspecified atom stereocenters. The highest BCUT2D eigenvalue weighted by Crippen LogP contribution is 2.35. The molecule has 0 saturated carbocycles. The molecule has 1 saturated heterocycles. The van der Waals surface area contributed by atoms with Crippen molar-refractivity contribution in [3.63, 3.8) is 0 Å². The highest BCUT2D eigenvalue weighted by atomic mass is 19.1. The van der Waals surface area contributed by atoms with Gasteiger partial charge in [-0.05, 0) is 54.8 Å². The zero-order valence-corrected chi connectivity index (χ0v) is 17.5. The van der Waals surface area contributed by atoms with Gasteiger partial charge in [-0.3, -0.25) is 4.90 Å². The van der Waals surface area contributed by atoms with Crippen LogP contribution in [0.5, 0.6) is 0 Å². The van der Waals surface area contributed by atoms with Crippen LogP contribution in [0.2, 0.25) is 0 Å². The molecule has 162 valence electrons. The Morgan fingerprint density at radius 1 is 0.969 bits per heavy atom. The molecular formula is C23H23FN8. The number of benzene rings is 1. The van der Waals surface area contributed by atoms with E-state index in [1.807, 2.05) is 24.7 Å². The van der Waals surface area contributed by atoms with E-state index in [9.17, 15) is 4.39 Å². The van der Waals surface area contributed by atoms with E-state index >= 15 is 0 Å². The SMILES string of the molecule is Nc1nccc(-c2c(-c3ccc(F)cc3)ncn2C2CCN(Cc3ccnnc3)CC2)n1. The Kier molecular flexibility index (Phi) is 5.55. The number of imidazole rings is 1. The maximum absolute atomic E-state index is 13.5. The zero-order valence-electron chi connectivity index (χ0n) is 17.5. The maximum atomic E-state index is 13.5. The van der Waals surface area contributed by atoms with Gasteiger partial charge in [0.15, 0.2) is 0 Å². The lowest BCUT2D eigenvalue weighted by Crippen LogP contribution is -2.34. The lowest BCUT2D eigenvalue weighted by molar-refractivity contribution is 0.180. The second-order valence-electron chi connectivity index (χ2n) is 7.91. The van der Waals surface area contributed by atoms with Crippen molar-refractivity contribution < 1.29 is 4.39 Å². The standard InChI is InChI=1S/C23H23FN8/c24-18-3-1-17(2-4-18)21-22(20-6-9-26-23(25)30-20)32(15-27-21)19-7-11-31(12-8-19)14-16-5-10-28-29-13-16/h1-6,9-10,13,15,19H,7-8,11-12,14H2,(H2,25,26,30). The predicted octanol–water partition coefficient (Wildman–Crippen LogP) is 3.36. The first-order chi connectivity index (χ1) is 15.7. The Morgan fingerprint density at radius 2 is 1.78 bits per heavy atom. The Hall–Kier alpha value is -3.72. The van der Waals surface area contributed by atoms with Crippen LogP contribution in [0.3, 0.4) is 0 Å². The summed E-state index contributed by atoms with van der Waals surface area (Å²) < 4.78 is 15.7. The third kappa shape index (κ3) is 4.19. The number of hydrogen-bond acceptors (Lipinski definition) is 7. The van der Waals surface area contributed by atoms with Gasteiger partial charge in [0.1, 0.15) is 5.82 Å². The molecule has 1 aliphatic heterocycles. The van der Waals surface area contributed by atoms with Gasteiger partial charge < -0.3 is 10.3 Å². The zero-order chi connectivity index (χ0) is 21.9. The highest BCUT2D eigenvalue weighted by Gasteiger charge is 2.26. The number of nitrogen functional groups attached to an aromatic ring is 1. The smallest absolute Gasteiger partial charge is 0.220 e. The first-order valence-corrected chi connectivity index (χ1v) is 10.6. The van der Waals surface area contributed by atoms with E-state index in [0.29, 0.717) is 5.69 Å². The Balaban J connectivity index is 1.43. The molecule has 0 bridgehead atoms. The van der Waals surface area contributed by atoms with Crippen LogP contribution < -0.4 is 5.73 Å². The van der Waals surface area contributed by atoms with Crippen molar-refractivity contribution in [3.8, 4) is 22.6 Å². The number of aromatic nitrogens is 6. The monoisotopic (exact) mass is 430 g/mol. The molecule has 0 spiro atoms. The van der Waals surface area contributed by atoms with Crippen LogP contribution in [0, 0.1) is 5.82 Å². The molecule has 1 aliphatic rings. The minimum Gasteiger partial charge on any atom is -0.368 e. The van der Waals surface area contributed by atoms with Crippen molar-refractivity contribution in [3.05, 3.63) is 72.7 Å². The van der Waals surface area contributed by atoms with Crippen LogP contribution in [0.25, 0.3) is 22.6 Å². The minimum atomic E-state index is -0.280. The first-order valence-electron chi connectivity index (χ1n) is 10.6. The summed E-state index contributed by atoms with van der Waals surface area (Å²) in [6.07, 6.45) is 9.00. The summed E-state index contributed by atoms with van der Waals surface area (Å²) in [7, 11) is 0. The second-order valence-corrected chi connectivity index (χ2v) is 7.91. The lowest BCUT2D eigenvalue weighted by Gasteiger charge is -2.33. The molecule has 9 heteroatoms. The van der Waals surface area contributed by atoms with Gasteiger partial charge in [0, 0.05) is 43.6 Å². The molecule has 1 aromatic carbocycles. The molecule has 3 aromatic heterocycles. The van der Waals surface area contributed by atoms with Crippen molar-refractivity contribution in [2.24, 2.45) is 0 Å². The van der Waals surface area contributed by atoms with Gasteiger partial charge in [-0.2, -0.15) is 10.2 Å². The Bertz CT molecular complexity index is 1180. The molecule has 0 atom stereocenters. The molecule has 5 rings (SSSR count). The fourth-order valence-corrected chi connectivity index (χ4v) is 4.24. The number of hydrogen-bond donors (Lipinski definition) is 1. The van der Waals surface area contributed by atoms with Crippen LogP contribution in [0.1, 0.15) is 24.4 Å². The van der Waals surface area contributed by atoms with Gasteiger partial charge in [0.25, 0.3) is 0 Å². The Labute approximate surface area is 185 Å². The van der Waals surface area contributed by atoms with E-state index in [2.05, 4.69) is 29.6 Å². The number of halogens is 1. The fourth-order valence-electron chi connectivity index (χ4n) is 4.24. The number of nitrogens with zero attached hydrogens (tertiary/aromatic N) is 7. The topological polar surface area (TPSA) is 98.6 Å². The average Bonchev–Trinajstić information content (AvgIpc) is 3.26. The average molecular weight is 430 g/mol. The van der Waals surface area contributed by atoms with E-state index in [1.165, 1.54) is 12.1 Å². The van der Waals surface area contributed by atoms with Gasteiger partial charge in [0.05, 0.1) is 29.6 Å². The first kappa shape index (κ1) is 20.2. The van der Waals surface area contributed by atoms with Gasteiger partial charge >= 0.3 is 0 Å². The molecule has 8 nitrogen and oxygen atoms in total. The summed E-state index contributed by atoms with van der Waals surface area (Å²) in [5.74, 6) is -0.0705. The number of rotatable bonds is 5. The van der Waals surface area contributed by atoms with Crippen LogP contribution >= 0.6 is 0 Å². The summed E-state index contributed by atoms with van der Waals surface area (Å²) in [6, 6.07) is 10.5. The number of anilines is 1. The van der Waals surface area contributed by atoms with Crippen LogP contribution in [-0.4, -0.2) is 47.7 Å². The quantitative estimate of drug-likeness (QED) is 0.518. The van der Waals surface area contributed by atoms with Crippen molar-refractivity contribution >= 4 is 5.95 Å². The van der Waals surface area contributed by atoms with Gasteiger partial charge in [-0.15, -0.1) is 0 Å². The fraction of sp³-hybridized carbons (Fsp3) is 0.261. The van der Waals surface area contributed by atoms with E-state index < -0.39 is 0 Å². The van der Waals surface area contributed by atoms with E-state index in [0.717, 1.165) is 55.0 Å². The van der Waals surface area contributed by atoms with Gasteiger partial charge in [0.2, 0.25) is 5.95 Å². The van der Waals surface area contributed by atoms with E-state index in [1.54, 1.807) is 24.5 Å². The molecular weight excluding hydrogens is 407 g/mol. The summed E-state index contributed by atoms with van der Waals surface area (Å²) in [6.45, 7) is 2.78. The molecule has 0 aliphatic carbocycles. The largest absolute Gasteiger partial charge is 0.368 e. The normalized spacial score (nSPS) is 15.2. The predicted molar refractivity (Wildman–Crippen MR) is 119 cm³/mol. The van der Waals surface area contributed by atoms with Crippen molar-refractivity contribution in [2.75, 3.05) is 18.8 Å². The molecule has 0 radical (unpaired) electrons. The Morgan fingerprint density at radius 3 is 2.50 bits per heavy atom. The lowest BCUT2D eigenvalue weighted by atomic mass is 10.0. The molecule has 4 aromatic rings. The van der Waals surface area contributed by atoms with Gasteiger partial charge in [-0.25, -0.2) is 19.3 Å². The third-order valence-electron chi connectivity index (χ3n) is 5.83. The van der Waals surface area contributed by atoms with Crippen LogP contribution in [0.15, 0.2) is 61.3 Å². The summed E-state index contributed by atoms with van der Waals surface area (Å²) in [4.78, 5) is 15.6. The highest BCUT2D eigenvalue weighted by molar-refractivity contribution is 5.77. The minimum absolute atomic E-state index is 0.209. The number of piperidine rings is 1. The third-order valence-corrected chi connectivity index (χ3v) is 5.83. The molecule has 32 heavy (non-hydrogen) atoms. The molecule has 4 heterocycles. The van der Waals surface area contributed by atoms with Crippen LogP contribution in [-0.2, 0) is 6.54 Å². The van der Waals surface area contributed by atoms with Crippen molar-refractivity contribution in [1.82, 2.24) is 34.6 Å². The molecule has 0 amide bonds. The summed E-state index contributed by atoms with van der Waals surface area (Å²) in [5, 5.41) is 7.82. The van der Waals surface area contributed by atoms with E-state index in [4.69, 9.17) is 10.7 Å². The number of nitrogens with two attached hydrogens (primary N) is 1. The maximum Gasteiger partial charge on any atom is 0.220 e. The van der Waals surface area contributed by atoms with Crippen LogP contribution in [0.4, 0.5) is 10.3 Å². The summed E-state index contributed by atoms with van der Waals surface area (Å²) >= 11 is 0. The van der Waals surface area contributed by atoms with Crippen molar-refractivity contribution in [1.29, 1.82) is 0 Å². The number of likely N-dealkylation sites (tertiary alicyclic amines) is 1. The van der Waals surface area contributed by atoms with Crippen molar-refractivity contribution in [2.45, 2.75) is 25.4 Å². The summed E-state index contributed by atoms with van der Waals surface area (Å²) in [5.41, 5.74) is 10.2. The van der Waals surface area contributed by atoms with E-state index in [-0.39, 0.29) is 17.8 Å². The molecule has 1 fully saturated rings. The molecule has 2 N–H and O–H groups in total. The second kappa shape index (κ2) is 8.80. The van der Waals surface area contributed by atoms with Gasteiger partial charge in [-0.1, -0.05) is 0 Å².